The van der Waals surface area contributed by atoms with Crippen LogP contribution in [0.2, 0.25) is 0 Å². The number of nitrogens with two attached hydrogens (primary N) is 1. The fourth-order valence-corrected chi connectivity index (χ4v) is 4.70. The van der Waals surface area contributed by atoms with Crippen LogP contribution in [0.1, 0.15) is 35.3 Å². The number of nitrogen functional groups attached to an aromatic ring is 1. The maximum absolute atomic E-state index is 12.4. The molecule has 1 unspecified atom stereocenters. The Bertz CT molecular complexity index is 1250. The molecule has 0 saturated heterocycles. The predicted octanol–water partition coefficient (Wildman–Crippen LogP) is 4.76. The molecule has 3 aromatic rings. The van der Waals surface area contributed by atoms with Gasteiger partial charge in [0.1, 0.15) is 6.10 Å². The van der Waals surface area contributed by atoms with E-state index in [0.29, 0.717) is 23.0 Å². The van der Waals surface area contributed by atoms with Crippen molar-refractivity contribution in [3.8, 4) is 16.9 Å². The number of rotatable bonds is 1. The fraction of sp³-hybridized carbons (Fsp3) is 0.292. The van der Waals surface area contributed by atoms with Crippen LogP contribution in [0.15, 0.2) is 53.6 Å². The Balaban J connectivity index is 1.92. The molecule has 1 aliphatic heterocycles. The number of nitrogens with one attached hydrogen (secondary N) is 1. The molecule has 2 heterocycles. The summed E-state index contributed by atoms with van der Waals surface area (Å²) < 4.78 is 26.7. The first-order chi connectivity index (χ1) is 14.6. The number of hydrogen-bond donors (Lipinski definition) is 2. The average molecular weight is 437 g/mol. The zero-order chi connectivity index (χ0) is 22.3. The van der Waals surface area contributed by atoms with E-state index in [9.17, 15) is 4.21 Å². The van der Waals surface area contributed by atoms with Gasteiger partial charge in [0, 0.05) is 36.0 Å². The van der Waals surface area contributed by atoms with Crippen molar-refractivity contribution in [1.29, 1.82) is 4.78 Å². The minimum Gasteiger partial charge on any atom is -0.482 e. The van der Waals surface area contributed by atoms with E-state index < -0.39 is 9.73 Å². The summed E-state index contributed by atoms with van der Waals surface area (Å²) in [5.41, 5.74) is 12.4. The molecule has 162 valence electrons. The van der Waals surface area contributed by atoms with E-state index in [0.717, 1.165) is 28.8 Å². The zero-order valence-electron chi connectivity index (χ0n) is 18.3. The van der Waals surface area contributed by atoms with Crippen LogP contribution >= 0.6 is 0 Å². The van der Waals surface area contributed by atoms with Crippen LogP contribution in [0.4, 0.5) is 5.82 Å². The molecule has 3 N–H and O–H groups in total. The molecule has 0 aliphatic carbocycles. The highest BCUT2D eigenvalue weighted by atomic mass is 32.2. The molecule has 2 bridgehead atoms. The highest BCUT2D eigenvalue weighted by Crippen LogP contribution is 2.35. The van der Waals surface area contributed by atoms with Gasteiger partial charge in [-0.3, -0.25) is 4.90 Å². The van der Waals surface area contributed by atoms with Gasteiger partial charge < -0.3 is 10.5 Å². The number of pyridine rings is 1. The van der Waals surface area contributed by atoms with Crippen LogP contribution in [-0.4, -0.2) is 27.4 Å². The Morgan fingerprint density at radius 2 is 1.87 bits per heavy atom. The second-order valence-electron chi connectivity index (χ2n) is 8.40. The van der Waals surface area contributed by atoms with Crippen LogP contribution < -0.4 is 10.5 Å². The van der Waals surface area contributed by atoms with Crippen LogP contribution in [0, 0.1) is 11.7 Å². The van der Waals surface area contributed by atoms with Crippen LogP contribution in [0.3, 0.4) is 0 Å². The quantitative estimate of drug-likeness (QED) is 0.574. The van der Waals surface area contributed by atoms with Gasteiger partial charge >= 0.3 is 0 Å². The van der Waals surface area contributed by atoms with E-state index >= 15 is 0 Å². The van der Waals surface area contributed by atoms with Gasteiger partial charge in [0.25, 0.3) is 0 Å². The lowest BCUT2D eigenvalue weighted by Gasteiger charge is -2.25. The number of aryl methyl sites for hydroxylation is 1. The fourth-order valence-electron chi connectivity index (χ4n) is 4.03. The molecular weight excluding hydrogens is 408 g/mol. The Morgan fingerprint density at radius 1 is 1.16 bits per heavy atom. The summed E-state index contributed by atoms with van der Waals surface area (Å²) in [7, 11) is -0.762. The molecule has 31 heavy (non-hydrogen) atoms. The first-order valence-electron chi connectivity index (χ1n) is 10.2. The lowest BCUT2D eigenvalue weighted by Crippen LogP contribution is -2.20. The minimum absolute atomic E-state index is 0.199. The summed E-state index contributed by atoms with van der Waals surface area (Å²) in [5, 5.41) is 0. The van der Waals surface area contributed by atoms with Gasteiger partial charge in [-0.05, 0) is 61.3 Å². The van der Waals surface area contributed by atoms with Gasteiger partial charge in [-0.2, -0.15) is 0 Å². The molecule has 0 amide bonds. The zero-order valence-corrected chi connectivity index (χ0v) is 19.1. The highest BCUT2D eigenvalue weighted by Gasteiger charge is 2.20. The smallest absolute Gasteiger partial charge is 0.166 e. The summed E-state index contributed by atoms with van der Waals surface area (Å²) in [4.78, 5) is 7.11. The topological polar surface area (TPSA) is 92.3 Å². The lowest BCUT2D eigenvalue weighted by atomic mass is 9.97. The third kappa shape index (κ3) is 4.43. The number of benzene rings is 2. The third-order valence-electron chi connectivity index (χ3n) is 5.65. The number of ether oxygens (including phenoxy) is 1. The van der Waals surface area contributed by atoms with Gasteiger partial charge in [0.15, 0.2) is 11.6 Å². The normalized spacial score (nSPS) is 18.5. The van der Waals surface area contributed by atoms with E-state index in [4.69, 9.17) is 15.3 Å². The van der Waals surface area contributed by atoms with Crippen molar-refractivity contribution in [2.75, 3.05) is 19.0 Å². The lowest BCUT2D eigenvalue weighted by molar-refractivity contribution is 0.223. The number of aromatic nitrogens is 1. The Morgan fingerprint density at radius 3 is 2.61 bits per heavy atom. The molecule has 4 rings (SSSR count). The van der Waals surface area contributed by atoms with Crippen molar-refractivity contribution in [3.05, 3.63) is 70.9 Å². The average Bonchev–Trinajstić information content (AvgIpc) is 2.69. The van der Waals surface area contributed by atoms with Gasteiger partial charge in [0.2, 0.25) is 0 Å². The van der Waals surface area contributed by atoms with E-state index in [1.165, 1.54) is 17.4 Å². The summed E-state index contributed by atoms with van der Waals surface area (Å²) >= 11 is 0. The molecule has 0 radical (unpaired) electrons. The second kappa shape index (κ2) is 7.98. The highest BCUT2D eigenvalue weighted by molar-refractivity contribution is 7.91. The Labute approximate surface area is 184 Å². The largest absolute Gasteiger partial charge is 0.482 e. The van der Waals surface area contributed by atoms with Gasteiger partial charge in [-0.1, -0.05) is 29.8 Å². The van der Waals surface area contributed by atoms with Gasteiger partial charge in [-0.25, -0.2) is 14.0 Å². The van der Waals surface area contributed by atoms with Crippen molar-refractivity contribution in [3.63, 3.8) is 0 Å². The number of nitrogens with zero attached hydrogens (tertiary/aromatic N) is 2. The molecule has 7 heteroatoms. The minimum atomic E-state index is -2.84. The molecule has 2 aromatic carbocycles. The molecular formula is C24H28N4O2S. The third-order valence-corrected chi connectivity index (χ3v) is 6.80. The standard InChI is InChI=1S/C24H28N4O2S/c1-15-5-6-17-13-28(3)14-18-7-8-20(31(4,26)29)11-22(18)19-10-23(24(25)27-12-19)30-16(2)21(17)9-15/h5-12,16,26H,13-14H2,1-4H3,(H2,25,27)/t16-,31?/m1/s1. The molecule has 1 aromatic heterocycles. The van der Waals surface area contributed by atoms with Crippen molar-refractivity contribution >= 4 is 15.5 Å². The number of fused-ring (bicyclic) bond motifs is 5. The van der Waals surface area contributed by atoms with Crippen molar-refractivity contribution in [2.24, 2.45) is 0 Å². The Kier molecular flexibility index (Phi) is 5.49. The first kappa shape index (κ1) is 21.3. The molecule has 6 nitrogen and oxygen atoms in total. The van der Waals surface area contributed by atoms with Gasteiger partial charge in [-0.15, -0.1) is 0 Å². The van der Waals surface area contributed by atoms with Crippen LogP contribution in [0.5, 0.6) is 5.75 Å². The number of anilines is 1. The summed E-state index contributed by atoms with van der Waals surface area (Å²) in [6, 6.07) is 13.9. The van der Waals surface area contributed by atoms with E-state index in [2.05, 4.69) is 42.1 Å². The summed E-state index contributed by atoms with van der Waals surface area (Å²) in [5.74, 6) is 0.849. The monoisotopic (exact) mass is 436 g/mol. The molecule has 2 atom stereocenters. The Hall–Kier alpha value is -2.90. The number of hydrogen-bond acceptors (Lipinski definition) is 6. The van der Waals surface area contributed by atoms with Crippen molar-refractivity contribution in [1.82, 2.24) is 9.88 Å². The molecule has 0 saturated carbocycles. The maximum atomic E-state index is 12.4. The molecule has 1 aliphatic rings. The SMILES string of the molecule is Cc1ccc2c(c1)[C@@H](C)Oc1cc(cnc1N)-c1cc(S(C)(=N)=O)ccc1CN(C)C2. The molecule has 0 spiro atoms. The van der Waals surface area contributed by atoms with E-state index in [-0.39, 0.29) is 6.10 Å². The van der Waals surface area contributed by atoms with E-state index in [1.807, 2.05) is 25.1 Å². The van der Waals surface area contributed by atoms with Gasteiger partial charge in [0.05, 0.1) is 9.73 Å². The second-order valence-corrected chi connectivity index (χ2v) is 10.6. The summed E-state index contributed by atoms with van der Waals surface area (Å²) in [6.45, 7) is 5.56. The van der Waals surface area contributed by atoms with E-state index in [1.54, 1.807) is 12.3 Å². The van der Waals surface area contributed by atoms with Crippen LogP contribution in [-0.2, 0) is 22.8 Å². The van der Waals surface area contributed by atoms with Crippen molar-refractivity contribution in [2.45, 2.75) is 37.9 Å². The maximum Gasteiger partial charge on any atom is 0.166 e. The molecule has 0 fully saturated rings. The first-order valence-corrected chi connectivity index (χ1v) is 12.2. The van der Waals surface area contributed by atoms with Crippen molar-refractivity contribution < 1.29 is 8.95 Å². The summed E-state index contributed by atoms with van der Waals surface area (Å²) in [6.07, 6.45) is 2.95. The predicted molar refractivity (Wildman–Crippen MR) is 125 cm³/mol. The van der Waals surface area contributed by atoms with Crippen LogP contribution in [0.25, 0.3) is 11.1 Å².